The van der Waals surface area contributed by atoms with Crippen LogP contribution in [0.3, 0.4) is 0 Å². The molecule has 0 bridgehead atoms. The third-order valence-electron chi connectivity index (χ3n) is 3.80. The monoisotopic (exact) mass is 325 g/mol. The molecular formula is C19H23N3O2. The quantitative estimate of drug-likeness (QED) is 0.568. The van der Waals surface area contributed by atoms with E-state index in [1.807, 2.05) is 30.4 Å². The lowest BCUT2D eigenvalue weighted by atomic mass is 10.1. The zero-order valence-electron chi connectivity index (χ0n) is 13.7. The van der Waals surface area contributed by atoms with E-state index < -0.39 is 0 Å². The third-order valence-corrected chi connectivity index (χ3v) is 3.80. The Morgan fingerprint density at radius 3 is 2.46 bits per heavy atom. The summed E-state index contributed by atoms with van der Waals surface area (Å²) < 4.78 is 0. The predicted octanol–water partition coefficient (Wildman–Crippen LogP) is 3.11. The number of nitro benzene ring substituents is 1. The Morgan fingerprint density at radius 2 is 1.75 bits per heavy atom. The summed E-state index contributed by atoms with van der Waals surface area (Å²) in [6.07, 6.45) is 4.73. The maximum Gasteiger partial charge on any atom is 0.276 e. The van der Waals surface area contributed by atoms with Crippen LogP contribution in [0.4, 0.5) is 5.69 Å². The molecule has 0 aliphatic heterocycles. The van der Waals surface area contributed by atoms with Crippen molar-refractivity contribution in [3.8, 4) is 0 Å². The molecule has 0 fully saturated rings. The molecule has 0 saturated heterocycles. The maximum atomic E-state index is 11.0. The molecule has 126 valence electrons. The van der Waals surface area contributed by atoms with Gasteiger partial charge in [0.2, 0.25) is 0 Å². The van der Waals surface area contributed by atoms with Gasteiger partial charge in [-0.2, -0.15) is 0 Å². The number of nitrogens with two attached hydrogens (primary N) is 1. The molecule has 5 nitrogen and oxygen atoms in total. The van der Waals surface area contributed by atoms with Gasteiger partial charge in [0.25, 0.3) is 5.69 Å². The Hall–Kier alpha value is -2.50. The highest BCUT2D eigenvalue weighted by Gasteiger charge is 2.09. The van der Waals surface area contributed by atoms with E-state index in [0.29, 0.717) is 12.1 Å². The number of benzene rings is 2. The van der Waals surface area contributed by atoms with Crippen molar-refractivity contribution in [3.63, 3.8) is 0 Å². The topological polar surface area (TPSA) is 72.4 Å². The molecule has 0 amide bonds. The minimum Gasteiger partial charge on any atom is -0.329 e. The van der Waals surface area contributed by atoms with E-state index in [2.05, 4.69) is 17.0 Å². The van der Waals surface area contributed by atoms with Gasteiger partial charge >= 0.3 is 0 Å². The number of nitro groups is 1. The van der Waals surface area contributed by atoms with E-state index in [1.165, 1.54) is 11.6 Å². The zero-order valence-corrected chi connectivity index (χ0v) is 13.7. The summed E-state index contributed by atoms with van der Waals surface area (Å²) in [7, 11) is 0. The molecular weight excluding hydrogens is 302 g/mol. The van der Waals surface area contributed by atoms with Crippen LogP contribution in [0, 0.1) is 10.1 Å². The number of hydrogen-bond acceptors (Lipinski definition) is 4. The highest BCUT2D eigenvalue weighted by molar-refractivity contribution is 5.60. The Labute approximate surface area is 142 Å². The van der Waals surface area contributed by atoms with E-state index in [4.69, 9.17) is 5.73 Å². The van der Waals surface area contributed by atoms with E-state index in [1.54, 1.807) is 18.2 Å². The highest BCUT2D eigenvalue weighted by atomic mass is 16.6. The first kappa shape index (κ1) is 17.8. The van der Waals surface area contributed by atoms with Crippen molar-refractivity contribution >= 4 is 11.8 Å². The molecule has 2 N–H and O–H groups in total. The molecule has 0 atom stereocenters. The number of para-hydroxylation sites is 1. The van der Waals surface area contributed by atoms with Gasteiger partial charge in [-0.25, -0.2) is 0 Å². The summed E-state index contributed by atoms with van der Waals surface area (Å²) >= 11 is 0. The Kier molecular flexibility index (Phi) is 7.14. The fourth-order valence-corrected chi connectivity index (χ4v) is 2.53. The molecule has 24 heavy (non-hydrogen) atoms. The van der Waals surface area contributed by atoms with Crippen LogP contribution in [-0.2, 0) is 6.42 Å². The van der Waals surface area contributed by atoms with Crippen LogP contribution in [0.1, 0.15) is 11.1 Å². The van der Waals surface area contributed by atoms with Crippen LogP contribution in [0.25, 0.3) is 6.08 Å². The summed E-state index contributed by atoms with van der Waals surface area (Å²) in [6, 6.07) is 17.1. The van der Waals surface area contributed by atoms with Gasteiger partial charge in [-0.1, -0.05) is 54.6 Å². The van der Waals surface area contributed by atoms with Crippen molar-refractivity contribution in [2.24, 2.45) is 5.73 Å². The van der Waals surface area contributed by atoms with Gasteiger partial charge in [0, 0.05) is 32.2 Å². The SMILES string of the molecule is NCCN(C/C=C/c1ccccc1[N+](=O)[O-])CCc1ccccc1. The van der Waals surface area contributed by atoms with Crippen LogP contribution >= 0.6 is 0 Å². The minimum atomic E-state index is -0.354. The molecule has 0 unspecified atom stereocenters. The fourth-order valence-electron chi connectivity index (χ4n) is 2.53. The lowest BCUT2D eigenvalue weighted by molar-refractivity contribution is -0.385. The molecule has 2 aromatic carbocycles. The van der Waals surface area contributed by atoms with Crippen LogP contribution in [0.2, 0.25) is 0 Å². The standard InChI is InChI=1S/C19H23N3O2/c20-13-16-21(15-12-17-7-2-1-3-8-17)14-6-10-18-9-4-5-11-19(18)22(23)24/h1-11H,12-16,20H2/b10-6+. The predicted molar refractivity (Wildman–Crippen MR) is 97.8 cm³/mol. The summed E-state index contributed by atoms with van der Waals surface area (Å²) in [4.78, 5) is 12.9. The first-order valence-corrected chi connectivity index (χ1v) is 8.07. The van der Waals surface area contributed by atoms with Crippen molar-refractivity contribution < 1.29 is 4.92 Å². The number of rotatable bonds is 9. The molecule has 0 aliphatic carbocycles. The second-order valence-corrected chi connectivity index (χ2v) is 5.54. The molecule has 0 aromatic heterocycles. The summed E-state index contributed by atoms with van der Waals surface area (Å²) in [6.45, 7) is 3.01. The molecule has 2 aromatic rings. The molecule has 0 radical (unpaired) electrons. The minimum absolute atomic E-state index is 0.128. The normalized spacial score (nSPS) is 11.2. The summed E-state index contributed by atoms with van der Waals surface area (Å²) in [5.41, 5.74) is 7.74. The van der Waals surface area contributed by atoms with Crippen molar-refractivity contribution in [1.82, 2.24) is 4.90 Å². The van der Waals surface area contributed by atoms with E-state index in [-0.39, 0.29) is 10.6 Å². The van der Waals surface area contributed by atoms with Crippen molar-refractivity contribution in [3.05, 3.63) is 81.9 Å². The van der Waals surface area contributed by atoms with Gasteiger partial charge < -0.3 is 5.73 Å². The third kappa shape index (κ3) is 5.61. The maximum absolute atomic E-state index is 11.0. The van der Waals surface area contributed by atoms with Crippen LogP contribution in [0.15, 0.2) is 60.7 Å². The van der Waals surface area contributed by atoms with Gasteiger partial charge in [-0.15, -0.1) is 0 Å². The van der Waals surface area contributed by atoms with Crippen LogP contribution < -0.4 is 5.73 Å². The largest absolute Gasteiger partial charge is 0.329 e. The van der Waals surface area contributed by atoms with E-state index in [0.717, 1.165) is 26.1 Å². The average molecular weight is 325 g/mol. The summed E-state index contributed by atoms with van der Waals surface area (Å²) in [5, 5.41) is 11.0. The number of nitrogens with zero attached hydrogens (tertiary/aromatic N) is 2. The first-order chi connectivity index (χ1) is 11.7. The lowest BCUT2D eigenvalue weighted by Gasteiger charge is -2.19. The van der Waals surface area contributed by atoms with Gasteiger partial charge in [0.05, 0.1) is 10.5 Å². The Balaban J connectivity index is 1.94. The van der Waals surface area contributed by atoms with Crippen molar-refractivity contribution in [1.29, 1.82) is 0 Å². The molecule has 5 heteroatoms. The zero-order chi connectivity index (χ0) is 17.2. The molecule has 0 spiro atoms. The van der Waals surface area contributed by atoms with E-state index >= 15 is 0 Å². The fraction of sp³-hybridized carbons (Fsp3) is 0.263. The van der Waals surface area contributed by atoms with Crippen LogP contribution in [0.5, 0.6) is 0 Å². The first-order valence-electron chi connectivity index (χ1n) is 8.07. The molecule has 2 rings (SSSR count). The van der Waals surface area contributed by atoms with Crippen molar-refractivity contribution in [2.75, 3.05) is 26.2 Å². The van der Waals surface area contributed by atoms with Crippen LogP contribution in [-0.4, -0.2) is 36.0 Å². The smallest absolute Gasteiger partial charge is 0.276 e. The molecule has 0 saturated carbocycles. The Morgan fingerprint density at radius 1 is 1.04 bits per heavy atom. The highest BCUT2D eigenvalue weighted by Crippen LogP contribution is 2.18. The summed E-state index contributed by atoms with van der Waals surface area (Å²) in [5.74, 6) is 0. The van der Waals surface area contributed by atoms with Gasteiger partial charge in [0.1, 0.15) is 0 Å². The van der Waals surface area contributed by atoms with Gasteiger partial charge in [-0.3, -0.25) is 15.0 Å². The Bertz CT molecular complexity index is 671. The molecule has 0 aliphatic rings. The second kappa shape index (κ2) is 9.60. The van der Waals surface area contributed by atoms with Gasteiger partial charge in [-0.05, 0) is 18.1 Å². The van der Waals surface area contributed by atoms with E-state index in [9.17, 15) is 10.1 Å². The average Bonchev–Trinajstić information content (AvgIpc) is 2.61. The molecule has 0 heterocycles. The van der Waals surface area contributed by atoms with Gasteiger partial charge in [0.15, 0.2) is 0 Å². The number of hydrogen-bond donors (Lipinski definition) is 1. The second-order valence-electron chi connectivity index (χ2n) is 5.54. The van der Waals surface area contributed by atoms with Crippen molar-refractivity contribution in [2.45, 2.75) is 6.42 Å². The lowest BCUT2D eigenvalue weighted by Crippen LogP contribution is -2.31.